The number of hydrogen-bond acceptors (Lipinski definition) is 5. The van der Waals surface area contributed by atoms with Crippen LogP contribution in [0.2, 0.25) is 0 Å². The number of carbonyl (C=O) groups excluding carboxylic acids is 1. The first-order chi connectivity index (χ1) is 11.6. The molecule has 2 heterocycles. The van der Waals surface area contributed by atoms with E-state index >= 15 is 0 Å². The quantitative estimate of drug-likeness (QED) is 0.897. The Labute approximate surface area is 139 Å². The van der Waals surface area contributed by atoms with E-state index < -0.39 is 6.09 Å². The molecule has 124 valence electrons. The molecule has 0 atom stereocenters. The zero-order chi connectivity index (χ0) is 16.7. The molecule has 2 aliphatic rings. The molecule has 0 spiro atoms. The Morgan fingerprint density at radius 1 is 1.42 bits per heavy atom. The minimum atomic E-state index is -0.519. The molecular formula is C18H18N2O4. The van der Waals surface area contributed by atoms with E-state index in [2.05, 4.69) is 10.3 Å². The van der Waals surface area contributed by atoms with E-state index in [-0.39, 0.29) is 12.4 Å². The number of anilines is 1. The molecule has 1 aliphatic heterocycles. The number of aromatic nitrogens is 1. The molecule has 1 saturated carbocycles. The Kier molecular flexibility index (Phi) is 3.52. The van der Waals surface area contributed by atoms with E-state index in [1.165, 1.54) is 12.8 Å². The number of phenols is 1. The minimum Gasteiger partial charge on any atom is -0.507 e. The average molecular weight is 326 g/mol. The number of benzene rings is 1. The molecule has 1 aliphatic carbocycles. The second-order valence-corrected chi connectivity index (χ2v) is 6.26. The van der Waals surface area contributed by atoms with Crippen LogP contribution in [0.3, 0.4) is 0 Å². The minimum absolute atomic E-state index is 0.105. The number of nitrogens with zero attached hydrogens (tertiary/aromatic N) is 1. The highest BCUT2D eigenvalue weighted by molar-refractivity contribution is 5.87. The summed E-state index contributed by atoms with van der Waals surface area (Å²) >= 11 is 0. The zero-order valence-electron chi connectivity index (χ0n) is 13.3. The van der Waals surface area contributed by atoms with Crippen molar-refractivity contribution in [3.8, 4) is 22.8 Å². The van der Waals surface area contributed by atoms with Crippen LogP contribution in [0.5, 0.6) is 11.5 Å². The lowest BCUT2D eigenvalue weighted by atomic mass is 10.0. The van der Waals surface area contributed by atoms with Gasteiger partial charge in [0.15, 0.2) is 0 Å². The van der Waals surface area contributed by atoms with Gasteiger partial charge in [-0.2, -0.15) is 0 Å². The summed E-state index contributed by atoms with van der Waals surface area (Å²) < 4.78 is 10.9. The van der Waals surface area contributed by atoms with Crippen molar-refractivity contribution in [3.05, 3.63) is 35.4 Å². The lowest BCUT2D eigenvalue weighted by Crippen LogP contribution is -2.22. The van der Waals surface area contributed by atoms with Gasteiger partial charge in [0, 0.05) is 5.56 Å². The summed E-state index contributed by atoms with van der Waals surface area (Å²) in [5.74, 6) is 1.79. The van der Waals surface area contributed by atoms with Gasteiger partial charge in [0.05, 0.1) is 17.9 Å². The zero-order valence-corrected chi connectivity index (χ0v) is 13.3. The molecule has 0 radical (unpaired) electrons. The number of aromatic hydroxyl groups is 1. The first-order valence-electron chi connectivity index (χ1n) is 8.01. The Balaban J connectivity index is 1.76. The highest BCUT2D eigenvalue weighted by Gasteiger charge is 2.25. The Morgan fingerprint density at radius 2 is 2.25 bits per heavy atom. The van der Waals surface area contributed by atoms with Crippen molar-refractivity contribution < 1.29 is 19.4 Å². The molecule has 1 aromatic heterocycles. The first kappa shape index (κ1) is 14.8. The van der Waals surface area contributed by atoms with Gasteiger partial charge in [-0.15, -0.1) is 0 Å². The molecule has 0 bridgehead atoms. The summed E-state index contributed by atoms with van der Waals surface area (Å²) in [5, 5.41) is 13.0. The van der Waals surface area contributed by atoms with Crippen LogP contribution in [0.4, 0.5) is 10.6 Å². The number of aryl methyl sites for hydroxylation is 1. The van der Waals surface area contributed by atoms with E-state index in [1.807, 2.05) is 19.1 Å². The summed E-state index contributed by atoms with van der Waals surface area (Å²) in [6, 6.07) is 7.06. The van der Waals surface area contributed by atoms with Crippen LogP contribution in [0.25, 0.3) is 11.3 Å². The summed E-state index contributed by atoms with van der Waals surface area (Å²) in [6.45, 7) is 2.77. The van der Waals surface area contributed by atoms with E-state index in [1.54, 1.807) is 12.1 Å². The van der Waals surface area contributed by atoms with Gasteiger partial charge >= 0.3 is 6.09 Å². The molecule has 0 unspecified atom stereocenters. The third-order valence-electron chi connectivity index (χ3n) is 4.35. The number of pyridine rings is 1. The van der Waals surface area contributed by atoms with E-state index in [0.29, 0.717) is 35.3 Å². The van der Waals surface area contributed by atoms with Gasteiger partial charge in [0.25, 0.3) is 0 Å². The van der Waals surface area contributed by atoms with Gasteiger partial charge in [0.1, 0.15) is 23.9 Å². The predicted octanol–water partition coefficient (Wildman–Crippen LogP) is 3.61. The molecular weight excluding hydrogens is 308 g/mol. The number of hydrogen-bond donors (Lipinski definition) is 2. The Bertz CT molecular complexity index is 815. The maximum atomic E-state index is 11.5. The fourth-order valence-corrected chi connectivity index (χ4v) is 2.77. The standard InChI is InChI=1S/C18H18N2O4/c1-10-7-13(19-17-12(10)9-24-18(22)20-17)16-14(21)3-2-4-15(16)23-8-11-5-6-11/h2-4,7,11,21H,5-6,8-9H2,1H3,(H,19,20,22). The Hall–Kier alpha value is -2.76. The number of amides is 1. The molecule has 2 aromatic rings. The van der Waals surface area contributed by atoms with Gasteiger partial charge in [-0.1, -0.05) is 6.07 Å². The van der Waals surface area contributed by atoms with Gasteiger partial charge in [-0.3, -0.25) is 5.32 Å². The van der Waals surface area contributed by atoms with Crippen molar-refractivity contribution in [1.29, 1.82) is 0 Å². The molecule has 1 fully saturated rings. The Morgan fingerprint density at radius 3 is 3.04 bits per heavy atom. The highest BCUT2D eigenvalue weighted by Crippen LogP contribution is 2.40. The summed E-state index contributed by atoms with van der Waals surface area (Å²) in [4.78, 5) is 16.0. The largest absolute Gasteiger partial charge is 0.507 e. The van der Waals surface area contributed by atoms with Crippen LogP contribution in [-0.4, -0.2) is 22.8 Å². The highest BCUT2D eigenvalue weighted by atomic mass is 16.5. The SMILES string of the molecule is Cc1cc(-c2c(O)cccc2OCC2CC2)nc2c1COC(=O)N2. The van der Waals surface area contributed by atoms with Gasteiger partial charge < -0.3 is 14.6 Å². The van der Waals surface area contributed by atoms with E-state index in [4.69, 9.17) is 9.47 Å². The molecule has 24 heavy (non-hydrogen) atoms. The number of cyclic esters (lactones) is 1. The van der Waals surface area contributed by atoms with Crippen molar-refractivity contribution >= 4 is 11.9 Å². The van der Waals surface area contributed by atoms with Crippen LogP contribution in [0.15, 0.2) is 24.3 Å². The maximum Gasteiger partial charge on any atom is 0.413 e. The van der Waals surface area contributed by atoms with Crippen LogP contribution in [0, 0.1) is 12.8 Å². The van der Waals surface area contributed by atoms with Crippen LogP contribution in [0.1, 0.15) is 24.0 Å². The average Bonchev–Trinajstić information content (AvgIpc) is 3.36. The molecule has 2 N–H and O–H groups in total. The second-order valence-electron chi connectivity index (χ2n) is 6.26. The van der Waals surface area contributed by atoms with Crippen LogP contribution >= 0.6 is 0 Å². The van der Waals surface area contributed by atoms with Crippen LogP contribution < -0.4 is 10.1 Å². The van der Waals surface area contributed by atoms with Crippen molar-refractivity contribution in [1.82, 2.24) is 4.98 Å². The number of rotatable bonds is 4. The van der Waals surface area contributed by atoms with E-state index in [9.17, 15) is 9.90 Å². The van der Waals surface area contributed by atoms with Crippen LogP contribution in [-0.2, 0) is 11.3 Å². The van der Waals surface area contributed by atoms with Crippen molar-refractivity contribution in [2.45, 2.75) is 26.4 Å². The molecule has 1 aromatic carbocycles. The third kappa shape index (κ3) is 2.75. The maximum absolute atomic E-state index is 11.5. The smallest absolute Gasteiger partial charge is 0.413 e. The summed E-state index contributed by atoms with van der Waals surface area (Å²) in [5.41, 5.74) is 2.89. The number of phenolic OH excluding ortho intramolecular Hbond substituents is 1. The normalized spacial score (nSPS) is 16.1. The summed E-state index contributed by atoms with van der Waals surface area (Å²) in [6.07, 6.45) is 1.86. The van der Waals surface area contributed by atoms with E-state index in [0.717, 1.165) is 11.1 Å². The van der Waals surface area contributed by atoms with Crippen molar-refractivity contribution in [2.24, 2.45) is 5.92 Å². The monoisotopic (exact) mass is 326 g/mol. The topological polar surface area (TPSA) is 80.7 Å². The second kappa shape index (κ2) is 5.70. The van der Waals surface area contributed by atoms with Gasteiger partial charge in [0.2, 0.25) is 0 Å². The molecule has 6 nitrogen and oxygen atoms in total. The molecule has 0 saturated heterocycles. The van der Waals surface area contributed by atoms with Gasteiger partial charge in [-0.05, 0) is 49.4 Å². The first-order valence-corrected chi connectivity index (χ1v) is 8.01. The molecule has 4 rings (SSSR count). The number of ether oxygens (including phenoxy) is 2. The molecule has 1 amide bonds. The fourth-order valence-electron chi connectivity index (χ4n) is 2.77. The van der Waals surface area contributed by atoms with Gasteiger partial charge in [-0.25, -0.2) is 9.78 Å². The third-order valence-corrected chi connectivity index (χ3v) is 4.35. The number of carbonyl (C=O) groups is 1. The lowest BCUT2D eigenvalue weighted by molar-refractivity contribution is 0.150. The van der Waals surface area contributed by atoms with Crippen molar-refractivity contribution in [3.63, 3.8) is 0 Å². The predicted molar refractivity (Wildman–Crippen MR) is 88.1 cm³/mol. The summed E-state index contributed by atoms with van der Waals surface area (Å²) in [7, 11) is 0. The number of fused-ring (bicyclic) bond motifs is 1. The number of nitrogens with one attached hydrogen (secondary N) is 1. The lowest BCUT2D eigenvalue weighted by Gasteiger charge is -2.20. The fraction of sp³-hybridized carbons (Fsp3) is 0.333. The van der Waals surface area contributed by atoms with Crippen molar-refractivity contribution in [2.75, 3.05) is 11.9 Å². The molecule has 6 heteroatoms.